The molecule has 0 saturated carbocycles. The Labute approximate surface area is 173 Å². The summed E-state index contributed by atoms with van der Waals surface area (Å²) in [6.45, 7) is 6.42. The first-order valence-corrected chi connectivity index (χ1v) is 9.70. The van der Waals surface area contributed by atoms with E-state index in [-0.39, 0.29) is 6.15 Å². The number of para-hydroxylation sites is 1. The number of benzene rings is 1. The molecule has 1 aromatic carbocycles. The molecule has 10 nitrogen and oxygen atoms in total. The van der Waals surface area contributed by atoms with Gasteiger partial charge in [0.15, 0.2) is 0 Å². The van der Waals surface area contributed by atoms with Crippen molar-refractivity contribution in [2.75, 3.05) is 36.0 Å². The average Bonchev–Trinajstić information content (AvgIpc) is 3.44. The molecule has 2 saturated heterocycles. The molecule has 2 aliphatic heterocycles. The molecule has 2 unspecified atom stereocenters. The second-order valence-electron chi connectivity index (χ2n) is 7.57. The summed E-state index contributed by atoms with van der Waals surface area (Å²) in [4.78, 5) is 31.6. The van der Waals surface area contributed by atoms with Gasteiger partial charge in [0, 0.05) is 56.1 Å². The number of nitrogens with zero attached hydrogens (tertiary/aromatic N) is 8. The molecule has 5 rings (SSSR count). The summed E-state index contributed by atoms with van der Waals surface area (Å²) in [5.41, 5.74) is 3.51. The first kappa shape index (κ1) is 19.7. The van der Waals surface area contributed by atoms with Crippen LogP contribution in [0.4, 0.5) is 11.6 Å². The third-order valence-corrected chi connectivity index (χ3v) is 5.63. The molecule has 2 aromatic heterocycles. The first-order chi connectivity index (χ1) is 14.6. The molecular weight excluding hydrogens is 384 g/mol. The maximum Gasteiger partial charge on any atom is 0.373 e. The molecule has 10 heteroatoms. The van der Waals surface area contributed by atoms with Gasteiger partial charge in [0.2, 0.25) is 11.8 Å². The number of hydrogen-bond acceptors (Lipinski definition) is 9. The normalized spacial score (nSPS) is 19.8. The number of aromatic nitrogens is 6. The van der Waals surface area contributed by atoms with Crippen LogP contribution in [0.25, 0.3) is 11.4 Å². The van der Waals surface area contributed by atoms with Gasteiger partial charge in [-0.05, 0) is 23.8 Å². The summed E-state index contributed by atoms with van der Waals surface area (Å²) in [6, 6.07) is 8.66. The zero-order valence-electron chi connectivity index (χ0n) is 16.8. The minimum atomic E-state index is 0.250. The van der Waals surface area contributed by atoms with Gasteiger partial charge in [-0.3, -0.25) is 0 Å². The van der Waals surface area contributed by atoms with E-state index in [0.717, 1.165) is 37.7 Å². The zero-order chi connectivity index (χ0) is 21.1. The van der Waals surface area contributed by atoms with Crippen molar-refractivity contribution in [3.8, 4) is 11.4 Å². The predicted octanol–water partition coefficient (Wildman–Crippen LogP) is 0.965. The zero-order valence-corrected chi connectivity index (χ0v) is 16.8. The van der Waals surface area contributed by atoms with Crippen LogP contribution in [0.5, 0.6) is 0 Å². The van der Waals surface area contributed by atoms with E-state index in [1.54, 1.807) is 19.4 Å². The lowest BCUT2D eigenvalue weighted by atomic mass is 10.0. The highest BCUT2D eigenvalue weighted by Gasteiger charge is 2.41. The lowest BCUT2D eigenvalue weighted by molar-refractivity contribution is -0.191. The Morgan fingerprint density at radius 2 is 1.57 bits per heavy atom. The number of anilines is 2. The van der Waals surface area contributed by atoms with Gasteiger partial charge in [-0.1, -0.05) is 18.2 Å². The fourth-order valence-corrected chi connectivity index (χ4v) is 4.27. The largest absolute Gasteiger partial charge is 0.373 e. The van der Waals surface area contributed by atoms with Crippen molar-refractivity contribution in [2.45, 2.75) is 6.92 Å². The SMILES string of the molecule is Cc1ccccc1N1CC2CN(c3ncc(-c4nnn(C)n4)cn3)CC2C1.O=C=O. The fraction of sp³-hybridized carbons (Fsp3) is 0.400. The first-order valence-electron chi connectivity index (χ1n) is 9.70. The van der Waals surface area contributed by atoms with Crippen LogP contribution in [-0.2, 0) is 16.6 Å². The van der Waals surface area contributed by atoms with E-state index in [1.807, 2.05) is 0 Å². The Morgan fingerprint density at radius 3 is 2.13 bits per heavy atom. The van der Waals surface area contributed by atoms with Gasteiger partial charge >= 0.3 is 6.15 Å². The van der Waals surface area contributed by atoms with E-state index in [2.05, 4.69) is 66.4 Å². The van der Waals surface area contributed by atoms with E-state index in [9.17, 15) is 0 Å². The minimum absolute atomic E-state index is 0.250. The monoisotopic (exact) mass is 406 g/mol. The molecule has 2 atom stereocenters. The molecule has 2 aliphatic rings. The molecule has 0 bridgehead atoms. The van der Waals surface area contributed by atoms with Crippen molar-refractivity contribution < 1.29 is 9.59 Å². The quantitative estimate of drug-likeness (QED) is 0.628. The molecule has 0 radical (unpaired) electrons. The highest BCUT2D eigenvalue weighted by atomic mass is 16.2. The molecule has 0 N–H and O–H groups in total. The predicted molar refractivity (Wildman–Crippen MR) is 107 cm³/mol. The van der Waals surface area contributed by atoms with Crippen molar-refractivity contribution >= 4 is 17.8 Å². The number of aryl methyl sites for hydroxylation is 2. The summed E-state index contributed by atoms with van der Waals surface area (Å²) < 4.78 is 0. The van der Waals surface area contributed by atoms with Crippen LogP contribution in [0.1, 0.15) is 5.56 Å². The van der Waals surface area contributed by atoms with Gasteiger partial charge in [-0.2, -0.15) is 14.4 Å². The third-order valence-electron chi connectivity index (χ3n) is 5.63. The second-order valence-corrected chi connectivity index (χ2v) is 7.57. The van der Waals surface area contributed by atoms with Gasteiger partial charge < -0.3 is 9.80 Å². The van der Waals surface area contributed by atoms with E-state index >= 15 is 0 Å². The van der Waals surface area contributed by atoms with Crippen LogP contribution in [0.3, 0.4) is 0 Å². The standard InChI is InChI=1S/C19H22N8.CO2/c1-13-5-3-4-6-17(13)26-9-15-11-27(12-16(15)10-26)19-20-7-14(8-21-19)18-22-24-25(2)23-18;2-1-3/h3-8,15-16H,9-12H2,1-2H3;. The second kappa shape index (κ2) is 8.38. The molecule has 0 aliphatic carbocycles. The van der Waals surface area contributed by atoms with Crippen LogP contribution in [0.2, 0.25) is 0 Å². The Morgan fingerprint density at radius 1 is 0.967 bits per heavy atom. The van der Waals surface area contributed by atoms with Crippen LogP contribution >= 0.6 is 0 Å². The van der Waals surface area contributed by atoms with Crippen molar-refractivity contribution in [3.63, 3.8) is 0 Å². The Balaban J connectivity index is 0.000000687. The van der Waals surface area contributed by atoms with E-state index in [1.165, 1.54) is 16.0 Å². The highest BCUT2D eigenvalue weighted by molar-refractivity contribution is 5.55. The summed E-state index contributed by atoms with van der Waals surface area (Å²) in [7, 11) is 1.74. The highest BCUT2D eigenvalue weighted by Crippen LogP contribution is 2.36. The Hall–Kier alpha value is -3.65. The van der Waals surface area contributed by atoms with Crippen LogP contribution in [0, 0.1) is 18.8 Å². The molecule has 154 valence electrons. The maximum atomic E-state index is 8.12. The van der Waals surface area contributed by atoms with Gasteiger partial charge in [0.05, 0.1) is 12.6 Å². The van der Waals surface area contributed by atoms with Gasteiger partial charge in [0.25, 0.3) is 0 Å². The average molecular weight is 406 g/mol. The Kier molecular flexibility index (Phi) is 5.49. The lowest BCUT2D eigenvalue weighted by Crippen LogP contribution is -2.30. The van der Waals surface area contributed by atoms with E-state index in [4.69, 9.17) is 9.59 Å². The van der Waals surface area contributed by atoms with Crippen LogP contribution in [-0.4, -0.2) is 62.5 Å². The van der Waals surface area contributed by atoms with E-state index in [0.29, 0.717) is 17.7 Å². The topological polar surface area (TPSA) is 110 Å². The fourth-order valence-electron chi connectivity index (χ4n) is 4.27. The van der Waals surface area contributed by atoms with Crippen molar-refractivity contribution in [2.24, 2.45) is 18.9 Å². The van der Waals surface area contributed by atoms with Gasteiger partial charge in [-0.25, -0.2) is 9.97 Å². The summed E-state index contributed by atoms with van der Waals surface area (Å²) in [5.74, 6) is 2.67. The number of rotatable bonds is 3. The summed E-state index contributed by atoms with van der Waals surface area (Å²) in [6.07, 6.45) is 3.82. The van der Waals surface area contributed by atoms with Crippen molar-refractivity contribution in [1.29, 1.82) is 0 Å². The van der Waals surface area contributed by atoms with Crippen molar-refractivity contribution in [1.82, 2.24) is 30.2 Å². The molecular formula is C20H22N8O2. The molecule has 2 fully saturated rings. The Bertz CT molecular complexity index is 1030. The summed E-state index contributed by atoms with van der Waals surface area (Å²) >= 11 is 0. The lowest BCUT2D eigenvalue weighted by Gasteiger charge is -2.24. The van der Waals surface area contributed by atoms with Crippen molar-refractivity contribution in [3.05, 3.63) is 42.2 Å². The number of tetrazole rings is 1. The number of fused-ring (bicyclic) bond motifs is 1. The smallest absolute Gasteiger partial charge is 0.371 e. The minimum Gasteiger partial charge on any atom is -0.371 e. The molecule has 3 aromatic rings. The number of hydrogen-bond donors (Lipinski definition) is 0. The molecule has 0 amide bonds. The molecule has 0 spiro atoms. The van der Waals surface area contributed by atoms with Gasteiger partial charge in [-0.15, -0.1) is 10.2 Å². The third kappa shape index (κ3) is 3.90. The molecule has 4 heterocycles. The summed E-state index contributed by atoms with van der Waals surface area (Å²) in [5, 5.41) is 12.1. The molecule has 30 heavy (non-hydrogen) atoms. The van der Waals surface area contributed by atoms with Crippen LogP contribution < -0.4 is 9.80 Å². The van der Waals surface area contributed by atoms with E-state index < -0.39 is 0 Å². The maximum absolute atomic E-state index is 8.12. The van der Waals surface area contributed by atoms with Crippen LogP contribution in [0.15, 0.2) is 36.7 Å². The number of carbonyl (C=O) groups excluding carboxylic acids is 2. The van der Waals surface area contributed by atoms with Gasteiger partial charge in [0.1, 0.15) is 0 Å².